The summed E-state index contributed by atoms with van der Waals surface area (Å²) in [7, 11) is 1.40. The molecule has 2 rings (SSSR count). The van der Waals surface area contributed by atoms with Crippen LogP contribution in [0.2, 0.25) is 5.02 Å². The third-order valence-electron chi connectivity index (χ3n) is 3.37. The summed E-state index contributed by atoms with van der Waals surface area (Å²) in [6.07, 6.45) is 1.57. The molecule has 1 atom stereocenters. The van der Waals surface area contributed by atoms with Crippen molar-refractivity contribution in [3.05, 3.63) is 34.9 Å². The highest BCUT2D eigenvalue weighted by atomic mass is 35.5. The first kappa shape index (κ1) is 14.8. The minimum absolute atomic E-state index is 0.0726. The van der Waals surface area contributed by atoms with Crippen LogP contribution in [0.15, 0.2) is 24.3 Å². The van der Waals surface area contributed by atoms with Gasteiger partial charge in [-0.3, -0.25) is 14.4 Å². The molecule has 1 N–H and O–H groups in total. The van der Waals surface area contributed by atoms with Gasteiger partial charge in [0.1, 0.15) is 0 Å². The highest BCUT2D eigenvalue weighted by molar-refractivity contribution is 6.30. The Hall–Kier alpha value is -1.59. The maximum absolute atomic E-state index is 12.4. The summed E-state index contributed by atoms with van der Waals surface area (Å²) in [5.41, 5.74) is 2.91. The SMILES string of the molecule is CONC(=O)[C@H]1CCCN(C(=O)c2ccc(Cl)cc2)C1. The molecule has 1 saturated heterocycles. The summed E-state index contributed by atoms with van der Waals surface area (Å²) in [5, 5.41) is 0.595. The first-order valence-electron chi connectivity index (χ1n) is 6.49. The number of hydroxylamine groups is 1. The van der Waals surface area contributed by atoms with Gasteiger partial charge in [0, 0.05) is 23.7 Å². The normalized spacial score (nSPS) is 18.7. The Morgan fingerprint density at radius 3 is 2.70 bits per heavy atom. The van der Waals surface area contributed by atoms with Gasteiger partial charge in [0.15, 0.2) is 0 Å². The van der Waals surface area contributed by atoms with Gasteiger partial charge in [-0.25, -0.2) is 5.48 Å². The molecule has 0 saturated carbocycles. The Kier molecular flexibility index (Phi) is 4.98. The molecule has 108 valence electrons. The zero-order chi connectivity index (χ0) is 14.5. The average molecular weight is 297 g/mol. The molecule has 1 aliphatic heterocycles. The summed E-state index contributed by atoms with van der Waals surface area (Å²) in [4.78, 5) is 30.4. The molecule has 5 nitrogen and oxygen atoms in total. The zero-order valence-corrected chi connectivity index (χ0v) is 12.0. The van der Waals surface area contributed by atoms with Crippen molar-refractivity contribution in [2.75, 3.05) is 20.2 Å². The fourth-order valence-electron chi connectivity index (χ4n) is 2.33. The predicted molar refractivity (Wildman–Crippen MR) is 75.2 cm³/mol. The van der Waals surface area contributed by atoms with Crippen molar-refractivity contribution in [3.8, 4) is 0 Å². The van der Waals surface area contributed by atoms with E-state index in [9.17, 15) is 9.59 Å². The molecule has 0 aromatic heterocycles. The lowest BCUT2D eigenvalue weighted by molar-refractivity contribution is -0.136. The van der Waals surface area contributed by atoms with E-state index in [2.05, 4.69) is 10.3 Å². The fourth-order valence-corrected chi connectivity index (χ4v) is 2.46. The smallest absolute Gasteiger partial charge is 0.253 e. The van der Waals surface area contributed by atoms with Crippen LogP contribution in [0, 0.1) is 5.92 Å². The van der Waals surface area contributed by atoms with E-state index in [1.807, 2.05) is 0 Å². The van der Waals surface area contributed by atoms with Gasteiger partial charge in [-0.1, -0.05) is 11.6 Å². The molecule has 2 amide bonds. The van der Waals surface area contributed by atoms with Crippen molar-refractivity contribution in [2.24, 2.45) is 5.92 Å². The van der Waals surface area contributed by atoms with E-state index in [0.29, 0.717) is 23.7 Å². The van der Waals surface area contributed by atoms with Crippen LogP contribution < -0.4 is 5.48 Å². The van der Waals surface area contributed by atoms with Crippen molar-refractivity contribution >= 4 is 23.4 Å². The van der Waals surface area contributed by atoms with Gasteiger partial charge >= 0.3 is 0 Å². The summed E-state index contributed by atoms with van der Waals surface area (Å²) < 4.78 is 0. The number of carbonyl (C=O) groups is 2. The summed E-state index contributed by atoms with van der Waals surface area (Å²) in [5.74, 6) is -0.474. The van der Waals surface area contributed by atoms with Crippen LogP contribution in [-0.4, -0.2) is 36.9 Å². The Morgan fingerprint density at radius 2 is 2.05 bits per heavy atom. The number of rotatable bonds is 3. The number of carbonyl (C=O) groups excluding carboxylic acids is 2. The van der Waals surface area contributed by atoms with Crippen molar-refractivity contribution in [2.45, 2.75) is 12.8 Å². The number of nitrogens with one attached hydrogen (secondary N) is 1. The number of hydrogen-bond donors (Lipinski definition) is 1. The molecule has 1 heterocycles. The van der Waals surface area contributed by atoms with Gasteiger partial charge < -0.3 is 4.90 Å². The van der Waals surface area contributed by atoms with Gasteiger partial charge in [0.05, 0.1) is 13.0 Å². The van der Waals surface area contributed by atoms with Gasteiger partial charge in [0.2, 0.25) is 5.91 Å². The second-order valence-electron chi connectivity index (χ2n) is 4.77. The lowest BCUT2D eigenvalue weighted by atomic mass is 9.97. The summed E-state index contributed by atoms with van der Waals surface area (Å²) in [6, 6.07) is 6.77. The first-order valence-corrected chi connectivity index (χ1v) is 6.87. The predicted octanol–water partition coefficient (Wildman–Crippen LogP) is 1.87. The quantitative estimate of drug-likeness (QED) is 0.866. The second-order valence-corrected chi connectivity index (χ2v) is 5.20. The van der Waals surface area contributed by atoms with Crippen LogP contribution in [0.1, 0.15) is 23.2 Å². The van der Waals surface area contributed by atoms with Crippen LogP contribution in [0.4, 0.5) is 0 Å². The minimum Gasteiger partial charge on any atom is -0.338 e. The molecule has 1 aromatic rings. The fraction of sp³-hybridized carbons (Fsp3) is 0.429. The summed E-state index contributed by atoms with van der Waals surface area (Å²) >= 11 is 5.81. The zero-order valence-electron chi connectivity index (χ0n) is 11.3. The first-order chi connectivity index (χ1) is 9.61. The number of likely N-dealkylation sites (tertiary alicyclic amines) is 1. The van der Waals surface area contributed by atoms with E-state index < -0.39 is 0 Å². The number of piperidine rings is 1. The van der Waals surface area contributed by atoms with Crippen LogP contribution in [0.25, 0.3) is 0 Å². The molecule has 0 spiro atoms. The standard InChI is InChI=1S/C14H17ClN2O3/c1-20-16-13(18)11-3-2-8-17(9-11)14(19)10-4-6-12(15)7-5-10/h4-7,11H,2-3,8-9H2,1H3,(H,16,18)/t11-/m0/s1. The molecule has 6 heteroatoms. The number of halogens is 1. The molecule has 0 radical (unpaired) electrons. The van der Waals surface area contributed by atoms with Gasteiger partial charge in [-0.2, -0.15) is 0 Å². The number of nitrogens with zero attached hydrogens (tertiary/aromatic N) is 1. The van der Waals surface area contributed by atoms with Crippen LogP contribution in [0.3, 0.4) is 0 Å². The monoisotopic (exact) mass is 296 g/mol. The highest BCUT2D eigenvalue weighted by Crippen LogP contribution is 2.19. The molecule has 0 aliphatic carbocycles. The van der Waals surface area contributed by atoms with E-state index in [-0.39, 0.29) is 17.7 Å². The van der Waals surface area contributed by atoms with Crippen LogP contribution in [0.5, 0.6) is 0 Å². The van der Waals surface area contributed by atoms with Crippen LogP contribution >= 0.6 is 11.6 Å². The lowest BCUT2D eigenvalue weighted by Gasteiger charge is -2.31. The highest BCUT2D eigenvalue weighted by Gasteiger charge is 2.28. The molecule has 0 unspecified atom stereocenters. The van der Waals surface area contributed by atoms with E-state index >= 15 is 0 Å². The Labute approximate surface area is 122 Å². The number of hydrogen-bond acceptors (Lipinski definition) is 3. The lowest BCUT2D eigenvalue weighted by Crippen LogP contribution is -2.45. The van der Waals surface area contributed by atoms with E-state index in [1.165, 1.54) is 7.11 Å². The average Bonchev–Trinajstić information content (AvgIpc) is 2.48. The topological polar surface area (TPSA) is 58.6 Å². The van der Waals surface area contributed by atoms with Gasteiger partial charge in [0.25, 0.3) is 5.91 Å². The van der Waals surface area contributed by atoms with E-state index in [0.717, 1.165) is 12.8 Å². The van der Waals surface area contributed by atoms with Crippen molar-refractivity contribution in [1.82, 2.24) is 10.4 Å². The largest absolute Gasteiger partial charge is 0.338 e. The molecular weight excluding hydrogens is 280 g/mol. The molecule has 20 heavy (non-hydrogen) atoms. The molecule has 1 fully saturated rings. The van der Waals surface area contributed by atoms with E-state index in [1.54, 1.807) is 29.2 Å². The number of benzene rings is 1. The molecule has 0 bridgehead atoms. The second kappa shape index (κ2) is 6.72. The van der Waals surface area contributed by atoms with Gasteiger partial charge in [-0.05, 0) is 37.1 Å². The maximum Gasteiger partial charge on any atom is 0.253 e. The van der Waals surface area contributed by atoms with E-state index in [4.69, 9.17) is 11.6 Å². The van der Waals surface area contributed by atoms with Gasteiger partial charge in [-0.15, -0.1) is 0 Å². The minimum atomic E-state index is -0.222. The molecule has 1 aliphatic rings. The third kappa shape index (κ3) is 3.49. The maximum atomic E-state index is 12.4. The number of amides is 2. The molecule has 1 aromatic carbocycles. The van der Waals surface area contributed by atoms with Crippen molar-refractivity contribution in [1.29, 1.82) is 0 Å². The Bertz CT molecular complexity index is 490. The Balaban J connectivity index is 2.03. The molecular formula is C14H17ClN2O3. The van der Waals surface area contributed by atoms with Crippen molar-refractivity contribution in [3.63, 3.8) is 0 Å². The van der Waals surface area contributed by atoms with Crippen LogP contribution in [-0.2, 0) is 9.63 Å². The summed E-state index contributed by atoms with van der Waals surface area (Å²) in [6.45, 7) is 1.08. The van der Waals surface area contributed by atoms with Crippen molar-refractivity contribution < 1.29 is 14.4 Å². The Morgan fingerprint density at radius 1 is 1.35 bits per heavy atom. The third-order valence-corrected chi connectivity index (χ3v) is 3.63.